The number of esters is 3. The van der Waals surface area contributed by atoms with Gasteiger partial charge in [-0.05, 0) is 70.6 Å². The minimum atomic E-state index is -0.830. The van der Waals surface area contributed by atoms with Crippen molar-refractivity contribution < 1.29 is 28.6 Å². The number of rotatable bonds is 42. The summed E-state index contributed by atoms with van der Waals surface area (Å²) in [6.45, 7) is 6.24. The molecule has 6 heteroatoms. The average molecular weight is 857 g/mol. The van der Waals surface area contributed by atoms with E-state index in [1.807, 2.05) is 54.7 Å². The summed E-state index contributed by atoms with van der Waals surface area (Å²) in [6.07, 6.45) is 67.7. The van der Waals surface area contributed by atoms with Crippen molar-refractivity contribution in [3.05, 3.63) is 122 Å². The fourth-order valence-corrected chi connectivity index (χ4v) is 6.21. The minimum absolute atomic E-state index is 0.132. The summed E-state index contributed by atoms with van der Waals surface area (Å²) in [5.41, 5.74) is 0. The van der Waals surface area contributed by atoms with Crippen LogP contribution in [-0.4, -0.2) is 37.2 Å². The van der Waals surface area contributed by atoms with E-state index < -0.39 is 6.10 Å². The SMILES string of the molecule is CC\C=C/C=C\C=C/C=C\C=C/CCCC(=O)OCC(COC(=O)CCC/C=C\C/C=C\C/C=C\C/C=C\C/C=C\CC)OC(=O)CCCCCCCCCCCCCCCC. The van der Waals surface area contributed by atoms with Crippen LogP contribution in [0.2, 0.25) is 0 Å². The Morgan fingerprint density at radius 2 is 0.710 bits per heavy atom. The molecule has 0 heterocycles. The minimum Gasteiger partial charge on any atom is -0.462 e. The average Bonchev–Trinajstić information content (AvgIpc) is 3.27. The van der Waals surface area contributed by atoms with Gasteiger partial charge in [-0.15, -0.1) is 0 Å². The lowest BCUT2D eigenvalue weighted by molar-refractivity contribution is -0.167. The van der Waals surface area contributed by atoms with E-state index in [9.17, 15) is 14.4 Å². The van der Waals surface area contributed by atoms with Crippen LogP contribution in [0.3, 0.4) is 0 Å². The first-order valence-corrected chi connectivity index (χ1v) is 24.6. The van der Waals surface area contributed by atoms with Gasteiger partial charge in [0.2, 0.25) is 0 Å². The van der Waals surface area contributed by atoms with E-state index in [0.717, 1.165) is 70.6 Å². The number of hydrogen-bond acceptors (Lipinski definition) is 6. The van der Waals surface area contributed by atoms with Crippen molar-refractivity contribution in [2.75, 3.05) is 13.2 Å². The van der Waals surface area contributed by atoms with Gasteiger partial charge in [-0.25, -0.2) is 0 Å². The van der Waals surface area contributed by atoms with Crippen molar-refractivity contribution in [1.29, 1.82) is 0 Å². The maximum Gasteiger partial charge on any atom is 0.306 e. The Bertz CT molecular complexity index is 1350. The molecule has 0 rings (SSSR count). The molecule has 0 fully saturated rings. The van der Waals surface area contributed by atoms with E-state index in [-0.39, 0.29) is 44.0 Å². The molecule has 348 valence electrons. The molecular formula is C56H88O6. The van der Waals surface area contributed by atoms with Crippen molar-refractivity contribution in [1.82, 2.24) is 0 Å². The highest BCUT2D eigenvalue weighted by molar-refractivity contribution is 5.71. The van der Waals surface area contributed by atoms with Gasteiger partial charge >= 0.3 is 17.9 Å². The predicted octanol–water partition coefficient (Wildman–Crippen LogP) is 16.1. The fraction of sp³-hybridized carbons (Fsp3) is 0.589. The lowest BCUT2D eigenvalue weighted by atomic mass is 10.0. The van der Waals surface area contributed by atoms with Crippen molar-refractivity contribution in [3.8, 4) is 0 Å². The highest BCUT2D eigenvalue weighted by Gasteiger charge is 2.19. The summed E-state index contributed by atoms with van der Waals surface area (Å²) in [4.78, 5) is 37.9. The van der Waals surface area contributed by atoms with Gasteiger partial charge < -0.3 is 14.2 Å². The van der Waals surface area contributed by atoms with Gasteiger partial charge in [0.15, 0.2) is 6.10 Å². The number of unbranched alkanes of at least 4 members (excludes halogenated alkanes) is 15. The highest BCUT2D eigenvalue weighted by Crippen LogP contribution is 2.14. The van der Waals surface area contributed by atoms with Crippen molar-refractivity contribution >= 4 is 17.9 Å². The molecule has 0 saturated heterocycles. The van der Waals surface area contributed by atoms with E-state index >= 15 is 0 Å². The van der Waals surface area contributed by atoms with Gasteiger partial charge in [0.1, 0.15) is 13.2 Å². The van der Waals surface area contributed by atoms with Crippen LogP contribution in [0.15, 0.2) is 122 Å². The topological polar surface area (TPSA) is 78.9 Å². The van der Waals surface area contributed by atoms with Gasteiger partial charge in [0, 0.05) is 19.3 Å². The molecule has 6 nitrogen and oxygen atoms in total. The lowest BCUT2D eigenvalue weighted by Gasteiger charge is -2.18. The zero-order valence-corrected chi connectivity index (χ0v) is 39.6. The predicted molar refractivity (Wildman–Crippen MR) is 265 cm³/mol. The maximum atomic E-state index is 12.8. The van der Waals surface area contributed by atoms with Crippen molar-refractivity contribution in [3.63, 3.8) is 0 Å². The second-order valence-electron chi connectivity index (χ2n) is 15.7. The molecule has 0 bridgehead atoms. The summed E-state index contributed by atoms with van der Waals surface area (Å²) in [5.74, 6) is -1.07. The molecule has 62 heavy (non-hydrogen) atoms. The molecule has 0 aromatic rings. The maximum absolute atomic E-state index is 12.8. The standard InChI is InChI=1S/C56H88O6/c1-4-7-10-13-16-19-22-25-27-28-29-32-34-37-40-43-46-49-55(58)61-52-53(51-60-54(57)48-45-42-39-36-33-30-24-21-18-15-12-9-6-3)62-56(59)50-47-44-41-38-35-31-26-23-20-17-14-11-8-5-2/h7,9-10,12,15-16,18-19,21,24-25,27,29-30,32-33,36-37,39-40,53H,4-6,8,11,13-14,17,20,22-23,26,28,31,34-35,38,41-52H2,1-3H3/b10-7-,12-9-,18-15-,19-16-,24-21-,27-25-,32-29-,33-30-,39-36-,40-37-. The number of allylic oxidation sites excluding steroid dienone is 20. The zero-order chi connectivity index (χ0) is 45.1. The second kappa shape index (κ2) is 49.5. The molecule has 0 aliphatic rings. The first-order valence-electron chi connectivity index (χ1n) is 24.6. The Balaban J connectivity index is 4.59. The van der Waals surface area contributed by atoms with Gasteiger partial charge in [-0.2, -0.15) is 0 Å². The molecule has 0 aliphatic carbocycles. The Hall–Kier alpha value is -4.19. The van der Waals surface area contributed by atoms with Crippen LogP contribution in [0.25, 0.3) is 0 Å². The number of ether oxygens (including phenoxy) is 3. The van der Waals surface area contributed by atoms with E-state index in [1.165, 1.54) is 70.6 Å². The van der Waals surface area contributed by atoms with Crippen LogP contribution in [0.4, 0.5) is 0 Å². The third kappa shape index (κ3) is 46.9. The number of carbonyl (C=O) groups is 3. The monoisotopic (exact) mass is 857 g/mol. The van der Waals surface area contributed by atoms with Gasteiger partial charge in [-0.3, -0.25) is 14.4 Å². The largest absolute Gasteiger partial charge is 0.462 e. The van der Waals surface area contributed by atoms with E-state index in [1.54, 1.807) is 0 Å². The fourth-order valence-electron chi connectivity index (χ4n) is 6.21. The smallest absolute Gasteiger partial charge is 0.306 e. The van der Waals surface area contributed by atoms with Gasteiger partial charge in [0.25, 0.3) is 0 Å². The molecule has 0 spiro atoms. The number of hydrogen-bond donors (Lipinski definition) is 0. The molecule has 1 atom stereocenters. The lowest BCUT2D eigenvalue weighted by Crippen LogP contribution is -2.30. The quantitative estimate of drug-likeness (QED) is 0.0200. The van der Waals surface area contributed by atoms with Crippen LogP contribution < -0.4 is 0 Å². The molecule has 0 saturated carbocycles. The normalized spacial score (nSPS) is 13.1. The molecule has 0 amide bonds. The number of carbonyl (C=O) groups excluding carboxylic acids is 3. The summed E-state index contributed by atoms with van der Waals surface area (Å²) in [7, 11) is 0. The zero-order valence-electron chi connectivity index (χ0n) is 39.6. The molecule has 0 aromatic carbocycles. The Morgan fingerprint density at radius 1 is 0.355 bits per heavy atom. The van der Waals surface area contributed by atoms with E-state index in [0.29, 0.717) is 19.3 Å². The molecule has 0 radical (unpaired) electrons. The van der Waals surface area contributed by atoms with Crippen LogP contribution in [0, 0.1) is 0 Å². The molecule has 1 unspecified atom stereocenters. The van der Waals surface area contributed by atoms with Crippen LogP contribution in [-0.2, 0) is 28.6 Å². The molecular weight excluding hydrogens is 769 g/mol. The molecule has 0 aromatic heterocycles. The van der Waals surface area contributed by atoms with E-state index in [2.05, 4.69) is 87.6 Å². The third-order valence-corrected chi connectivity index (χ3v) is 9.84. The summed E-state index contributed by atoms with van der Waals surface area (Å²) in [6, 6.07) is 0. The van der Waals surface area contributed by atoms with Gasteiger partial charge in [-0.1, -0.05) is 226 Å². The summed E-state index contributed by atoms with van der Waals surface area (Å²) >= 11 is 0. The molecule has 0 N–H and O–H groups in total. The summed E-state index contributed by atoms with van der Waals surface area (Å²) < 4.78 is 16.6. The van der Waals surface area contributed by atoms with E-state index in [4.69, 9.17) is 14.2 Å². The Kier molecular flexibility index (Phi) is 46.1. The second-order valence-corrected chi connectivity index (χ2v) is 15.7. The highest BCUT2D eigenvalue weighted by atomic mass is 16.6. The van der Waals surface area contributed by atoms with Crippen LogP contribution in [0.1, 0.15) is 194 Å². The van der Waals surface area contributed by atoms with Crippen molar-refractivity contribution in [2.45, 2.75) is 200 Å². The summed E-state index contributed by atoms with van der Waals surface area (Å²) in [5, 5.41) is 0. The molecule has 0 aliphatic heterocycles. The first kappa shape index (κ1) is 57.8. The first-order chi connectivity index (χ1) is 30.5. The van der Waals surface area contributed by atoms with Crippen molar-refractivity contribution in [2.24, 2.45) is 0 Å². The van der Waals surface area contributed by atoms with Gasteiger partial charge in [0.05, 0.1) is 0 Å². The van der Waals surface area contributed by atoms with Crippen LogP contribution in [0.5, 0.6) is 0 Å². The Labute approximate surface area is 380 Å². The van der Waals surface area contributed by atoms with Crippen LogP contribution >= 0.6 is 0 Å². The third-order valence-electron chi connectivity index (χ3n) is 9.84. The Morgan fingerprint density at radius 3 is 1.16 bits per heavy atom.